The first-order valence-electron chi connectivity index (χ1n) is 6.80. The standard InChI is InChI=1S/C15H26IP/c1-4-6-13-17(3,16,14-7-5-2)15-11-9-8-10-12-15/h8-12H,4-7,13-14H2,1-3H3. The van der Waals surface area contributed by atoms with Crippen molar-refractivity contribution in [3.8, 4) is 0 Å². The summed E-state index contributed by atoms with van der Waals surface area (Å²) in [5.74, 6) is 0. The van der Waals surface area contributed by atoms with E-state index in [-0.39, 0.29) is 0 Å². The Labute approximate surface area is 120 Å². The van der Waals surface area contributed by atoms with E-state index in [1.807, 2.05) is 0 Å². The van der Waals surface area contributed by atoms with Crippen molar-refractivity contribution < 1.29 is 0 Å². The predicted octanol–water partition coefficient (Wildman–Crippen LogP) is 5.45. The van der Waals surface area contributed by atoms with E-state index in [1.165, 1.54) is 38.0 Å². The molecule has 2 heteroatoms. The zero-order valence-corrected chi connectivity index (χ0v) is 14.5. The van der Waals surface area contributed by atoms with Crippen LogP contribution in [0.1, 0.15) is 39.5 Å². The van der Waals surface area contributed by atoms with Crippen LogP contribution in [0.4, 0.5) is 0 Å². The summed E-state index contributed by atoms with van der Waals surface area (Å²) in [5, 5.41) is 1.63. The molecule has 0 saturated carbocycles. The number of unbranched alkanes of at least 4 members (excludes halogenated alkanes) is 2. The molecule has 0 atom stereocenters. The molecule has 98 valence electrons. The average Bonchev–Trinajstić information content (AvgIpc) is 2.36. The number of benzene rings is 1. The molecular formula is C15H26IP. The molecule has 0 nitrogen and oxygen atoms in total. The molecule has 0 amide bonds. The number of halogens is 1. The molecule has 0 unspecified atom stereocenters. The van der Waals surface area contributed by atoms with Gasteiger partial charge in [-0.15, -0.1) is 0 Å². The Balaban J connectivity index is 3.00. The zero-order chi connectivity index (χ0) is 12.8. The Morgan fingerprint density at radius 1 is 0.941 bits per heavy atom. The van der Waals surface area contributed by atoms with Crippen molar-refractivity contribution in [1.82, 2.24) is 0 Å². The Hall–Kier alpha value is 0.380. The number of hydrogen-bond acceptors (Lipinski definition) is 0. The molecule has 0 radical (unpaired) electrons. The van der Waals surface area contributed by atoms with Crippen LogP contribution < -0.4 is 5.30 Å². The van der Waals surface area contributed by atoms with Crippen molar-refractivity contribution in [3.63, 3.8) is 0 Å². The summed E-state index contributed by atoms with van der Waals surface area (Å²) in [4.78, 5) is 0. The quantitative estimate of drug-likeness (QED) is 0.446. The van der Waals surface area contributed by atoms with Crippen LogP contribution in [0, 0.1) is 0 Å². The minimum absolute atomic E-state index is 1.31. The third-order valence-corrected chi connectivity index (χ3v) is 12.9. The Morgan fingerprint density at radius 2 is 1.41 bits per heavy atom. The van der Waals surface area contributed by atoms with Crippen molar-refractivity contribution in [1.29, 1.82) is 0 Å². The predicted molar refractivity (Wildman–Crippen MR) is 92.5 cm³/mol. The van der Waals surface area contributed by atoms with E-state index in [4.69, 9.17) is 0 Å². The van der Waals surface area contributed by atoms with Crippen LogP contribution in [0.3, 0.4) is 0 Å². The van der Waals surface area contributed by atoms with Gasteiger partial charge in [-0.05, 0) is 0 Å². The van der Waals surface area contributed by atoms with Gasteiger partial charge in [-0.2, -0.15) is 0 Å². The first-order valence-corrected chi connectivity index (χ1v) is 12.6. The zero-order valence-electron chi connectivity index (χ0n) is 11.5. The van der Waals surface area contributed by atoms with E-state index >= 15 is 0 Å². The van der Waals surface area contributed by atoms with Gasteiger partial charge in [0.2, 0.25) is 0 Å². The maximum absolute atomic E-state index is 2.85. The van der Waals surface area contributed by atoms with Gasteiger partial charge in [-0.1, -0.05) is 0 Å². The molecule has 0 aliphatic rings. The third kappa shape index (κ3) is 4.21. The molecule has 0 saturated heterocycles. The normalized spacial score (nSPS) is 14.2. The second kappa shape index (κ2) is 6.52. The molecule has 1 aromatic carbocycles. The molecule has 0 heterocycles. The summed E-state index contributed by atoms with van der Waals surface area (Å²) in [5.41, 5.74) is 0. The fraction of sp³-hybridized carbons (Fsp3) is 0.600. The van der Waals surface area contributed by atoms with Gasteiger partial charge in [0.25, 0.3) is 0 Å². The first kappa shape index (κ1) is 15.4. The third-order valence-electron chi connectivity index (χ3n) is 3.66. The van der Waals surface area contributed by atoms with Crippen molar-refractivity contribution in [2.24, 2.45) is 0 Å². The molecule has 0 aromatic heterocycles. The van der Waals surface area contributed by atoms with E-state index in [9.17, 15) is 0 Å². The molecule has 0 fully saturated rings. The van der Waals surface area contributed by atoms with Crippen LogP contribution in [-0.2, 0) is 0 Å². The van der Waals surface area contributed by atoms with E-state index in [1.54, 1.807) is 5.30 Å². The second-order valence-corrected chi connectivity index (χ2v) is 19.0. The van der Waals surface area contributed by atoms with Gasteiger partial charge in [0.05, 0.1) is 0 Å². The summed E-state index contributed by atoms with van der Waals surface area (Å²) < 4.78 is -1.68. The topological polar surface area (TPSA) is 0 Å². The Bertz CT molecular complexity index is 320. The van der Waals surface area contributed by atoms with Crippen molar-refractivity contribution in [2.45, 2.75) is 39.5 Å². The second-order valence-electron chi connectivity index (χ2n) is 5.38. The van der Waals surface area contributed by atoms with Crippen LogP contribution in [0.15, 0.2) is 30.3 Å². The molecule has 1 rings (SSSR count). The van der Waals surface area contributed by atoms with Gasteiger partial charge in [-0.3, -0.25) is 0 Å². The molecule has 0 spiro atoms. The Kier molecular flexibility index (Phi) is 5.92. The molecular weight excluding hydrogens is 338 g/mol. The van der Waals surface area contributed by atoms with Crippen LogP contribution in [0.2, 0.25) is 0 Å². The molecule has 17 heavy (non-hydrogen) atoms. The monoisotopic (exact) mass is 364 g/mol. The average molecular weight is 364 g/mol. The van der Waals surface area contributed by atoms with Gasteiger partial charge in [0.1, 0.15) is 0 Å². The molecule has 0 bridgehead atoms. The van der Waals surface area contributed by atoms with Crippen LogP contribution in [0.25, 0.3) is 0 Å². The molecule has 0 N–H and O–H groups in total. The van der Waals surface area contributed by atoms with Gasteiger partial charge in [0.15, 0.2) is 0 Å². The van der Waals surface area contributed by atoms with Crippen LogP contribution in [0.5, 0.6) is 0 Å². The van der Waals surface area contributed by atoms with Crippen LogP contribution in [-0.4, -0.2) is 19.0 Å². The number of hydrogen-bond donors (Lipinski definition) is 0. The first-order chi connectivity index (χ1) is 8.02. The summed E-state index contributed by atoms with van der Waals surface area (Å²) in [6, 6.07) is 11.3. The van der Waals surface area contributed by atoms with Gasteiger partial charge >= 0.3 is 120 Å². The molecule has 0 aliphatic carbocycles. The minimum atomic E-state index is -1.68. The van der Waals surface area contributed by atoms with E-state index in [0.717, 1.165) is 0 Å². The van der Waals surface area contributed by atoms with E-state index in [2.05, 4.69) is 72.9 Å². The Morgan fingerprint density at radius 3 is 1.82 bits per heavy atom. The summed E-state index contributed by atoms with van der Waals surface area (Å²) in [6.07, 6.45) is 8.19. The van der Waals surface area contributed by atoms with E-state index < -0.39 is 4.25 Å². The summed E-state index contributed by atoms with van der Waals surface area (Å²) in [6.45, 7) is 7.18. The molecule has 1 aromatic rings. The van der Waals surface area contributed by atoms with E-state index in [0.29, 0.717) is 0 Å². The SMILES string of the molecule is CCCCP(C)(I)(CCCC)c1ccccc1. The summed E-state index contributed by atoms with van der Waals surface area (Å²) >= 11 is 2.85. The van der Waals surface area contributed by atoms with Gasteiger partial charge in [0, 0.05) is 0 Å². The van der Waals surface area contributed by atoms with Crippen LogP contribution >= 0.6 is 26.3 Å². The van der Waals surface area contributed by atoms with Crippen molar-refractivity contribution >= 4 is 31.6 Å². The van der Waals surface area contributed by atoms with Gasteiger partial charge < -0.3 is 0 Å². The fourth-order valence-corrected chi connectivity index (χ4v) is 9.37. The summed E-state index contributed by atoms with van der Waals surface area (Å²) in [7, 11) is 0. The van der Waals surface area contributed by atoms with Gasteiger partial charge in [-0.25, -0.2) is 0 Å². The van der Waals surface area contributed by atoms with Crippen molar-refractivity contribution in [2.75, 3.05) is 19.0 Å². The number of rotatable bonds is 7. The fourth-order valence-electron chi connectivity index (χ4n) is 2.35. The van der Waals surface area contributed by atoms with Crippen molar-refractivity contribution in [3.05, 3.63) is 30.3 Å². The molecule has 0 aliphatic heterocycles. The maximum atomic E-state index is 2.85.